The molecule has 11 heteroatoms. The molecule has 3 N–H and O–H groups in total. The van der Waals surface area contributed by atoms with Crippen molar-refractivity contribution >= 4 is 33.1 Å². The van der Waals surface area contributed by atoms with Gasteiger partial charge in [0.1, 0.15) is 17.2 Å². The molecule has 2 aromatic heterocycles. The molecular weight excluding hydrogens is 476 g/mol. The van der Waals surface area contributed by atoms with Crippen molar-refractivity contribution in [2.45, 2.75) is 42.7 Å². The van der Waals surface area contributed by atoms with Crippen molar-refractivity contribution in [2.24, 2.45) is 11.7 Å². The van der Waals surface area contributed by atoms with Crippen LogP contribution in [-0.4, -0.2) is 36.4 Å². The lowest BCUT2D eigenvalue weighted by Gasteiger charge is -2.33. The molecule has 1 unspecified atom stereocenters. The Hall–Kier alpha value is -3.60. The molecule has 0 saturated carbocycles. The Balaban J connectivity index is 1.77. The zero-order valence-electron chi connectivity index (χ0n) is 19.4. The molecule has 0 bridgehead atoms. The third-order valence-corrected chi connectivity index (χ3v) is 7.65. The van der Waals surface area contributed by atoms with Crippen LogP contribution in [0, 0.1) is 17.6 Å². The molecule has 0 spiro atoms. The fourth-order valence-corrected chi connectivity index (χ4v) is 5.92. The van der Waals surface area contributed by atoms with Gasteiger partial charge >= 0.3 is 0 Å². The molecule has 1 fully saturated rings. The molecule has 35 heavy (non-hydrogen) atoms. The summed E-state index contributed by atoms with van der Waals surface area (Å²) in [6.07, 6.45) is 2.17. The number of rotatable bonds is 6. The molecule has 3 aromatic rings. The van der Waals surface area contributed by atoms with E-state index in [4.69, 9.17) is 5.73 Å². The van der Waals surface area contributed by atoms with Crippen LogP contribution in [0.5, 0.6) is 0 Å². The van der Waals surface area contributed by atoms with Gasteiger partial charge in [0.15, 0.2) is 16.7 Å². The van der Waals surface area contributed by atoms with Gasteiger partial charge < -0.3 is 16.0 Å². The standard InChI is InChI=1S/C24H25F2N5O3S/c1-14-12-24(2,3)31(13-14)23-21(22(27)32)18(9-10-28-23)35(33,34)20-6-4-5-19(30-20)29-15-7-8-16(25)17(26)11-15/h4-11,14H,12-13H2,1-3H3,(H2,27,32)(H,29,30). The monoisotopic (exact) mass is 501 g/mol. The first-order valence-corrected chi connectivity index (χ1v) is 12.4. The lowest BCUT2D eigenvalue weighted by Crippen LogP contribution is -2.40. The summed E-state index contributed by atoms with van der Waals surface area (Å²) in [5, 5.41) is 2.40. The van der Waals surface area contributed by atoms with Gasteiger partial charge in [-0.05, 0) is 56.5 Å². The summed E-state index contributed by atoms with van der Waals surface area (Å²) in [4.78, 5) is 22.6. The van der Waals surface area contributed by atoms with Crippen molar-refractivity contribution in [2.75, 3.05) is 16.8 Å². The van der Waals surface area contributed by atoms with Crippen molar-refractivity contribution in [1.29, 1.82) is 0 Å². The summed E-state index contributed by atoms with van der Waals surface area (Å²) in [6, 6.07) is 8.58. The van der Waals surface area contributed by atoms with Crippen LogP contribution in [0.1, 0.15) is 37.6 Å². The SMILES string of the molecule is CC1CN(c2nccc(S(=O)(=O)c3cccc(Nc4ccc(F)c(F)c4)n3)c2C(N)=O)C(C)(C)C1. The van der Waals surface area contributed by atoms with Crippen molar-refractivity contribution < 1.29 is 22.0 Å². The summed E-state index contributed by atoms with van der Waals surface area (Å²) in [5.41, 5.74) is 5.30. The third kappa shape index (κ3) is 4.68. The highest BCUT2D eigenvalue weighted by Gasteiger charge is 2.40. The maximum Gasteiger partial charge on any atom is 0.253 e. The number of hydrogen-bond acceptors (Lipinski definition) is 7. The number of carbonyl (C=O) groups is 1. The van der Waals surface area contributed by atoms with Crippen molar-refractivity contribution in [3.8, 4) is 0 Å². The Morgan fingerprint density at radius 2 is 1.91 bits per heavy atom. The number of nitrogens with zero attached hydrogens (tertiary/aromatic N) is 3. The number of carbonyl (C=O) groups excluding carboxylic acids is 1. The molecule has 184 valence electrons. The average Bonchev–Trinajstić information content (AvgIpc) is 3.07. The fraction of sp³-hybridized carbons (Fsp3) is 0.292. The zero-order chi connectivity index (χ0) is 25.5. The van der Waals surface area contributed by atoms with Gasteiger partial charge in [0.05, 0.1) is 4.90 Å². The highest BCUT2D eigenvalue weighted by molar-refractivity contribution is 7.91. The normalized spacial score (nSPS) is 17.4. The molecule has 1 aliphatic rings. The van der Waals surface area contributed by atoms with E-state index in [1.165, 1.54) is 36.5 Å². The van der Waals surface area contributed by atoms with Crippen molar-refractivity contribution in [1.82, 2.24) is 9.97 Å². The molecule has 1 saturated heterocycles. The summed E-state index contributed by atoms with van der Waals surface area (Å²) in [5.74, 6) is -2.38. The van der Waals surface area contributed by atoms with Gasteiger partial charge in [0.2, 0.25) is 9.84 Å². The molecular formula is C24H25F2N5O3S. The molecule has 1 amide bonds. The van der Waals surface area contributed by atoms with Gasteiger partial charge in [0.25, 0.3) is 5.91 Å². The minimum Gasteiger partial charge on any atom is -0.365 e. The number of sulfone groups is 1. The second kappa shape index (κ2) is 8.88. The number of anilines is 3. The second-order valence-electron chi connectivity index (χ2n) is 9.22. The van der Waals surface area contributed by atoms with Crippen LogP contribution in [0.15, 0.2) is 58.6 Å². The van der Waals surface area contributed by atoms with Crippen LogP contribution in [0.25, 0.3) is 0 Å². The van der Waals surface area contributed by atoms with Crippen LogP contribution < -0.4 is 16.0 Å². The van der Waals surface area contributed by atoms with E-state index < -0.39 is 27.4 Å². The number of amides is 1. The maximum absolute atomic E-state index is 13.6. The predicted octanol–water partition coefficient (Wildman–Crippen LogP) is 4.05. The fourth-order valence-electron chi connectivity index (χ4n) is 4.52. The largest absolute Gasteiger partial charge is 0.365 e. The van der Waals surface area contributed by atoms with Crippen LogP contribution in [-0.2, 0) is 9.84 Å². The Kier molecular flexibility index (Phi) is 6.22. The highest BCUT2D eigenvalue weighted by atomic mass is 32.2. The summed E-state index contributed by atoms with van der Waals surface area (Å²) in [6.45, 7) is 6.66. The number of primary amides is 1. The average molecular weight is 502 g/mol. The van der Waals surface area contributed by atoms with E-state index in [1.54, 1.807) is 0 Å². The predicted molar refractivity (Wildman–Crippen MR) is 127 cm³/mol. The summed E-state index contributed by atoms with van der Waals surface area (Å²) >= 11 is 0. The lowest BCUT2D eigenvalue weighted by molar-refractivity contribution is 0.0997. The van der Waals surface area contributed by atoms with E-state index in [0.717, 1.165) is 18.6 Å². The minimum absolute atomic E-state index is 0.0847. The lowest BCUT2D eigenvalue weighted by atomic mass is 9.97. The van der Waals surface area contributed by atoms with Crippen molar-refractivity contribution in [3.05, 3.63) is 65.9 Å². The Labute approximate surface area is 202 Å². The van der Waals surface area contributed by atoms with Crippen LogP contribution in [0.3, 0.4) is 0 Å². The van der Waals surface area contributed by atoms with E-state index in [2.05, 4.69) is 22.2 Å². The molecule has 1 aliphatic heterocycles. The van der Waals surface area contributed by atoms with Gasteiger partial charge in [-0.1, -0.05) is 13.0 Å². The van der Waals surface area contributed by atoms with E-state index >= 15 is 0 Å². The molecule has 1 aromatic carbocycles. The van der Waals surface area contributed by atoms with Crippen LogP contribution >= 0.6 is 0 Å². The topological polar surface area (TPSA) is 118 Å². The van der Waals surface area contributed by atoms with Crippen LogP contribution in [0.2, 0.25) is 0 Å². The van der Waals surface area contributed by atoms with Gasteiger partial charge in [-0.2, -0.15) is 0 Å². The van der Waals surface area contributed by atoms with E-state index in [9.17, 15) is 22.0 Å². The Morgan fingerprint density at radius 1 is 1.17 bits per heavy atom. The Morgan fingerprint density at radius 3 is 2.54 bits per heavy atom. The van der Waals surface area contributed by atoms with Crippen molar-refractivity contribution in [3.63, 3.8) is 0 Å². The minimum atomic E-state index is -4.30. The molecule has 0 radical (unpaired) electrons. The summed E-state index contributed by atoms with van der Waals surface area (Å²) in [7, 11) is -4.30. The highest BCUT2D eigenvalue weighted by Crippen LogP contribution is 2.39. The van der Waals surface area contributed by atoms with Crippen LogP contribution in [0.4, 0.5) is 26.1 Å². The smallest absolute Gasteiger partial charge is 0.253 e. The van der Waals surface area contributed by atoms with E-state index in [0.29, 0.717) is 12.5 Å². The van der Waals surface area contributed by atoms with E-state index in [-0.39, 0.29) is 38.3 Å². The number of halogens is 2. The first kappa shape index (κ1) is 24.5. The number of nitrogens with one attached hydrogen (secondary N) is 1. The molecule has 0 aliphatic carbocycles. The molecule has 8 nitrogen and oxygen atoms in total. The molecule has 1 atom stereocenters. The quantitative estimate of drug-likeness (QED) is 0.523. The van der Waals surface area contributed by atoms with Gasteiger partial charge in [-0.3, -0.25) is 4.79 Å². The molecule has 3 heterocycles. The maximum atomic E-state index is 13.6. The van der Waals surface area contributed by atoms with Gasteiger partial charge in [-0.25, -0.2) is 27.2 Å². The van der Waals surface area contributed by atoms with E-state index in [1.807, 2.05) is 18.7 Å². The zero-order valence-corrected chi connectivity index (χ0v) is 20.2. The number of hydrogen-bond donors (Lipinski definition) is 2. The number of benzene rings is 1. The third-order valence-electron chi connectivity index (χ3n) is 5.95. The number of aromatic nitrogens is 2. The van der Waals surface area contributed by atoms with Gasteiger partial charge in [-0.15, -0.1) is 0 Å². The summed E-state index contributed by atoms with van der Waals surface area (Å²) < 4.78 is 54.0. The Bertz CT molecular complexity index is 1410. The first-order valence-electron chi connectivity index (χ1n) is 10.9. The first-order chi connectivity index (χ1) is 16.4. The molecule has 4 rings (SSSR count). The number of pyridine rings is 2. The second-order valence-corrected chi connectivity index (χ2v) is 11.1. The number of nitrogens with two attached hydrogens (primary N) is 1. The van der Waals surface area contributed by atoms with Gasteiger partial charge in [0, 0.05) is 30.0 Å².